The summed E-state index contributed by atoms with van der Waals surface area (Å²) in [4.78, 5) is 26.0. The molecule has 2 aliphatic heterocycles. The van der Waals surface area contributed by atoms with E-state index < -0.39 is 9.84 Å². The molecule has 2 atom stereocenters. The molecule has 10 heteroatoms. The fourth-order valence-electron chi connectivity index (χ4n) is 3.09. The second-order valence-corrected chi connectivity index (χ2v) is 7.96. The normalized spacial score (nSPS) is 24.6. The summed E-state index contributed by atoms with van der Waals surface area (Å²) in [6.45, 7) is 1.39. The van der Waals surface area contributed by atoms with Gasteiger partial charge in [0.1, 0.15) is 12.7 Å². The van der Waals surface area contributed by atoms with Gasteiger partial charge in [0.15, 0.2) is 9.84 Å². The van der Waals surface area contributed by atoms with Crippen LogP contribution in [0.4, 0.5) is 0 Å². The fourth-order valence-corrected chi connectivity index (χ4v) is 5.24. The minimum atomic E-state index is -2.96. The van der Waals surface area contributed by atoms with Crippen LogP contribution in [0.2, 0.25) is 0 Å². The first kappa shape index (κ1) is 17.4. The minimum absolute atomic E-state index is 0.0507. The zero-order valence-electron chi connectivity index (χ0n) is 12.6. The fraction of sp³-hybridized carbons (Fsp3) is 0.692. The maximum atomic E-state index is 12.1. The standard InChI is InChI=1S/C12H18N4O3S.CH2O2/c17-12(2-1-4-16-9-13-8-14-16)15-6-10-3-5-20(18,19)11(10)7-15;2-1-3/h8-11H,1-7H2;1H,(H,2,3)/t10-,11+;/m0./s1. The van der Waals surface area contributed by atoms with Crippen LogP contribution in [0.3, 0.4) is 0 Å². The SMILES string of the molecule is O=C(CCCn1cncn1)N1C[C@@H]2CCS(=O)(=O)[C@@H]2C1.O=CO. The zero-order chi connectivity index (χ0) is 16.9. The van der Waals surface area contributed by atoms with Crippen LogP contribution in [-0.4, -0.2) is 69.7 Å². The van der Waals surface area contributed by atoms with Crippen molar-refractivity contribution in [3.8, 4) is 0 Å². The van der Waals surface area contributed by atoms with Crippen molar-refractivity contribution < 1.29 is 23.1 Å². The first-order valence-corrected chi connectivity index (χ1v) is 9.09. The van der Waals surface area contributed by atoms with E-state index in [-0.39, 0.29) is 29.3 Å². The Morgan fingerprint density at radius 2 is 2.13 bits per heavy atom. The molecule has 0 aliphatic carbocycles. The van der Waals surface area contributed by atoms with Crippen LogP contribution < -0.4 is 0 Å². The van der Waals surface area contributed by atoms with Crippen molar-refractivity contribution in [2.75, 3.05) is 18.8 Å². The molecule has 1 aromatic heterocycles. The third kappa shape index (κ3) is 4.27. The van der Waals surface area contributed by atoms with Gasteiger partial charge in [-0.3, -0.25) is 14.3 Å². The molecule has 9 nitrogen and oxygen atoms in total. The monoisotopic (exact) mass is 344 g/mol. The van der Waals surface area contributed by atoms with Crippen molar-refractivity contribution in [3.05, 3.63) is 12.7 Å². The van der Waals surface area contributed by atoms with Gasteiger partial charge in [-0.1, -0.05) is 0 Å². The van der Waals surface area contributed by atoms with Crippen LogP contribution in [0, 0.1) is 5.92 Å². The van der Waals surface area contributed by atoms with Crippen LogP contribution in [0.25, 0.3) is 0 Å². The summed E-state index contributed by atoms with van der Waals surface area (Å²) in [5.41, 5.74) is 0. The first-order valence-electron chi connectivity index (χ1n) is 7.37. The second kappa shape index (κ2) is 7.53. The van der Waals surface area contributed by atoms with E-state index in [1.807, 2.05) is 0 Å². The molecule has 2 saturated heterocycles. The molecule has 0 saturated carbocycles. The van der Waals surface area contributed by atoms with Gasteiger partial charge in [-0.2, -0.15) is 5.10 Å². The van der Waals surface area contributed by atoms with Gasteiger partial charge in [-0.05, 0) is 18.8 Å². The molecule has 0 spiro atoms. The Morgan fingerprint density at radius 3 is 2.74 bits per heavy atom. The quantitative estimate of drug-likeness (QED) is 0.724. The van der Waals surface area contributed by atoms with Crippen LogP contribution >= 0.6 is 0 Å². The molecule has 2 fully saturated rings. The molecule has 0 unspecified atom stereocenters. The molecule has 3 rings (SSSR count). The Hall–Kier alpha value is -1.97. The van der Waals surface area contributed by atoms with E-state index in [4.69, 9.17) is 9.90 Å². The van der Waals surface area contributed by atoms with Crippen LogP contribution in [0.15, 0.2) is 12.7 Å². The molecular weight excluding hydrogens is 324 g/mol. The summed E-state index contributed by atoms with van der Waals surface area (Å²) in [5, 5.41) is 10.5. The summed E-state index contributed by atoms with van der Waals surface area (Å²) < 4.78 is 25.3. The van der Waals surface area contributed by atoms with E-state index in [1.165, 1.54) is 6.33 Å². The van der Waals surface area contributed by atoms with Gasteiger partial charge >= 0.3 is 0 Å². The van der Waals surface area contributed by atoms with Crippen molar-refractivity contribution in [3.63, 3.8) is 0 Å². The third-order valence-electron chi connectivity index (χ3n) is 4.21. The number of sulfone groups is 1. The number of carboxylic acid groups (broad SMARTS) is 1. The number of amides is 1. The lowest BCUT2D eigenvalue weighted by Crippen LogP contribution is -2.32. The van der Waals surface area contributed by atoms with Crippen molar-refractivity contribution in [2.24, 2.45) is 5.92 Å². The van der Waals surface area contributed by atoms with Crippen molar-refractivity contribution in [1.82, 2.24) is 19.7 Å². The van der Waals surface area contributed by atoms with Crippen LogP contribution in [0.5, 0.6) is 0 Å². The van der Waals surface area contributed by atoms with Crippen LogP contribution in [0.1, 0.15) is 19.3 Å². The number of carbonyl (C=O) groups excluding carboxylic acids is 1. The Kier molecular flexibility index (Phi) is 5.69. The predicted molar refractivity (Wildman–Crippen MR) is 80.2 cm³/mol. The van der Waals surface area contributed by atoms with Gasteiger partial charge in [-0.25, -0.2) is 13.4 Å². The highest BCUT2D eigenvalue weighted by atomic mass is 32.2. The predicted octanol–water partition coefficient (Wildman–Crippen LogP) is -0.595. The molecule has 1 amide bonds. The lowest BCUT2D eigenvalue weighted by atomic mass is 10.1. The maximum absolute atomic E-state index is 12.1. The average Bonchev–Trinajstić information content (AvgIpc) is 3.19. The highest BCUT2D eigenvalue weighted by Gasteiger charge is 2.47. The third-order valence-corrected chi connectivity index (χ3v) is 6.47. The molecule has 0 radical (unpaired) electrons. The summed E-state index contributed by atoms with van der Waals surface area (Å²) in [7, 11) is -2.96. The average molecular weight is 344 g/mol. The summed E-state index contributed by atoms with van der Waals surface area (Å²) in [5.74, 6) is 0.491. The van der Waals surface area contributed by atoms with E-state index in [9.17, 15) is 13.2 Å². The maximum Gasteiger partial charge on any atom is 0.290 e. The highest BCUT2D eigenvalue weighted by Crippen LogP contribution is 2.33. The summed E-state index contributed by atoms with van der Waals surface area (Å²) in [6.07, 6.45) is 4.92. The Labute approximate surface area is 134 Å². The number of carbonyl (C=O) groups is 2. The number of likely N-dealkylation sites (tertiary alicyclic amines) is 1. The molecule has 1 N–H and O–H groups in total. The van der Waals surface area contributed by atoms with Gasteiger partial charge in [0.05, 0.1) is 11.0 Å². The highest BCUT2D eigenvalue weighted by molar-refractivity contribution is 7.92. The first-order chi connectivity index (χ1) is 11.0. The van der Waals surface area contributed by atoms with E-state index >= 15 is 0 Å². The van der Waals surface area contributed by atoms with E-state index in [2.05, 4.69) is 10.1 Å². The molecule has 23 heavy (non-hydrogen) atoms. The Balaban J connectivity index is 0.000000595. The largest absolute Gasteiger partial charge is 0.483 e. The molecule has 3 heterocycles. The van der Waals surface area contributed by atoms with E-state index in [0.29, 0.717) is 38.9 Å². The van der Waals surface area contributed by atoms with Crippen LogP contribution in [-0.2, 0) is 26.0 Å². The van der Waals surface area contributed by atoms with Crippen molar-refractivity contribution in [2.45, 2.75) is 31.1 Å². The topological polar surface area (TPSA) is 122 Å². The summed E-state index contributed by atoms with van der Waals surface area (Å²) >= 11 is 0. The molecule has 128 valence electrons. The smallest absolute Gasteiger partial charge is 0.290 e. The lowest BCUT2D eigenvalue weighted by Gasteiger charge is -2.17. The molecule has 1 aromatic rings. The van der Waals surface area contributed by atoms with E-state index in [0.717, 1.165) is 0 Å². The van der Waals surface area contributed by atoms with Gasteiger partial charge in [0.25, 0.3) is 6.47 Å². The molecule has 0 aromatic carbocycles. The van der Waals surface area contributed by atoms with Gasteiger partial charge in [-0.15, -0.1) is 0 Å². The van der Waals surface area contributed by atoms with E-state index in [1.54, 1.807) is 15.9 Å². The number of rotatable bonds is 4. The number of nitrogens with zero attached hydrogens (tertiary/aromatic N) is 4. The second-order valence-electron chi connectivity index (χ2n) is 5.62. The summed E-state index contributed by atoms with van der Waals surface area (Å²) in [6, 6.07) is 0. The van der Waals surface area contributed by atoms with Gasteiger partial charge in [0, 0.05) is 26.1 Å². The van der Waals surface area contributed by atoms with Crippen molar-refractivity contribution in [1.29, 1.82) is 0 Å². The molecular formula is C13H20N4O5S. The Morgan fingerprint density at radius 1 is 1.39 bits per heavy atom. The van der Waals surface area contributed by atoms with Gasteiger partial charge < -0.3 is 10.0 Å². The number of fused-ring (bicyclic) bond motifs is 1. The van der Waals surface area contributed by atoms with Crippen molar-refractivity contribution >= 4 is 22.2 Å². The number of hydrogen-bond donors (Lipinski definition) is 1. The molecule has 2 aliphatic rings. The zero-order valence-corrected chi connectivity index (χ0v) is 13.4. The number of aromatic nitrogens is 3. The van der Waals surface area contributed by atoms with Gasteiger partial charge in [0.2, 0.25) is 5.91 Å². The number of hydrogen-bond acceptors (Lipinski definition) is 6. The Bertz CT molecular complexity index is 631. The minimum Gasteiger partial charge on any atom is -0.483 e. The number of aryl methyl sites for hydroxylation is 1. The lowest BCUT2D eigenvalue weighted by molar-refractivity contribution is -0.130. The molecule has 0 bridgehead atoms.